The molecule has 0 amide bonds. The van der Waals surface area contributed by atoms with E-state index < -0.39 is 0 Å². The standard InChI is InChI=1S/C11H19N3/c1-10(14-8-4-7-13-14)9-12-11-5-2-3-6-11/h4,7-8,10-12H,2-3,5-6,9H2,1H3. The van der Waals surface area contributed by atoms with Gasteiger partial charge in [0.2, 0.25) is 0 Å². The lowest BCUT2D eigenvalue weighted by atomic mass is 10.2. The maximum Gasteiger partial charge on any atom is 0.0615 e. The van der Waals surface area contributed by atoms with E-state index in [1.54, 1.807) is 0 Å². The molecule has 2 rings (SSSR count). The van der Waals surface area contributed by atoms with E-state index in [-0.39, 0.29) is 0 Å². The fourth-order valence-electron chi connectivity index (χ4n) is 2.10. The third kappa shape index (κ3) is 2.35. The van der Waals surface area contributed by atoms with Crippen molar-refractivity contribution in [2.75, 3.05) is 6.54 Å². The molecule has 78 valence electrons. The monoisotopic (exact) mass is 193 g/mol. The Morgan fingerprint density at radius 3 is 2.93 bits per heavy atom. The van der Waals surface area contributed by atoms with Crippen LogP contribution in [-0.2, 0) is 0 Å². The Bertz CT molecular complexity index is 250. The quantitative estimate of drug-likeness (QED) is 0.792. The average molecular weight is 193 g/mol. The maximum atomic E-state index is 4.24. The van der Waals surface area contributed by atoms with Crippen LogP contribution in [0.2, 0.25) is 0 Å². The fraction of sp³-hybridized carbons (Fsp3) is 0.727. The van der Waals surface area contributed by atoms with Crippen molar-refractivity contribution in [1.29, 1.82) is 0 Å². The van der Waals surface area contributed by atoms with Crippen molar-refractivity contribution in [3.05, 3.63) is 18.5 Å². The van der Waals surface area contributed by atoms with Crippen LogP contribution in [0.3, 0.4) is 0 Å². The van der Waals surface area contributed by atoms with E-state index in [2.05, 4.69) is 17.3 Å². The largest absolute Gasteiger partial charge is 0.312 e. The summed E-state index contributed by atoms with van der Waals surface area (Å²) in [5.74, 6) is 0. The average Bonchev–Trinajstić information content (AvgIpc) is 2.87. The minimum atomic E-state index is 0.464. The Morgan fingerprint density at radius 1 is 1.50 bits per heavy atom. The van der Waals surface area contributed by atoms with Gasteiger partial charge in [0, 0.05) is 25.0 Å². The minimum absolute atomic E-state index is 0.464. The highest BCUT2D eigenvalue weighted by Crippen LogP contribution is 2.18. The minimum Gasteiger partial charge on any atom is -0.312 e. The Hall–Kier alpha value is -0.830. The van der Waals surface area contributed by atoms with Gasteiger partial charge in [0.1, 0.15) is 0 Å². The first-order valence-electron chi connectivity index (χ1n) is 5.59. The van der Waals surface area contributed by atoms with Crippen LogP contribution >= 0.6 is 0 Å². The molecule has 1 fully saturated rings. The summed E-state index contributed by atoms with van der Waals surface area (Å²) in [5, 5.41) is 7.85. The Kier molecular flexibility index (Phi) is 3.19. The summed E-state index contributed by atoms with van der Waals surface area (Å²) in [4.78, 5) is 0. The summed E-state index contributed by atoms with van der Waals surface area (Å²) in [7, 11) is 0. The zero-order valence-electron chi connectivity index (χ0n) is 8.82. The molecule has 1 saturated carbocycles. The van der Waals surface area contributed by atoms with Crippen molar-refractivity contribution in [2.45, 2.75) is 44.7 Å². The highest BCUT2D eigenvalue weighted by atomic mass is 15.3. The van der Waals surface area contributed by atoms with Gasteiger partial charge in [-0.15, -0.1) is 0 Å². The second-order valence-corrected chi connectivity index (χ2v) is 4.22. The highest BCUT2D eigenvalue weighted by Gasteiger charge is 2.15. The van der Waals surface area contributed by atoms with Crippen molar-refractivity contribution in [3.63, 3.8) is 0 Å². The summed E-state index contributed by atoms with van der Waals surface area (Å²) in [6, 6.07) is 3.20. The number of aromatic nitrogens is 2. The molecule has 1 aliphatic rings. The Morgan fingerprint density at radius 2 is 2.29 bits per heavy atom. The molecule has 1 aliphatic carbocycles. The predicted octanol–water partition coefficient (Wildman–Crippen LogP) is 1.98. The second kappa shape index (κ2) is 4.60. The number of nitrogens with zero attached hydrogens (tertiary/aromatic N) is 2. The molecule has 1 aromatic heterocycles. The summed E-state index contributed by atoms with van der Waals surface area (Å²) >= 11 is 0. The molecule has 3 nitrogen and oxygen atoms in total. The lowest BCUT2D eigenvalue weighted by molar-refractivity contribution is 0.415. The summed E-state index contributed by atoms with van der Waals surface area (Å²) in [5.41, 5.74) is 0. The smallest absolute Gasteiger partial charge is 0.0615 e. The van der Waals surface area contributed by atoms with Crippen molar-refractivity contribution in [2.24, 2.45) is 0 Å². The number of rotatable bonds is 4. The van der Waals surface area contributed by atoms with Crippen LogP contribution in [0.1, 0.15) is 38.6 Å². The van der Waals surface area contributed by atoms with Gasteiger partial charge in [-0.25, -0.2) is 0 Å². The fourth-order valence-corrected chi connectivity index (χ4v) is 2.10. The molecule has 0 saturated heterocycles. The van der Waals surface area contributed by atoms with E-state index >= 15 is 0 Å². The van der Waals surface area contributed by atoms with Crippen LogP contribution in [0.4, 0.5) is 0 Å². The molecule has 1 heterocycles. The first-order valence-corrected chi connectivity index (χ1v) is 5.59. The van der Waals surface area contributed by atoms with E-state index in [0.717, 1.165) is 12.6 Å². The van der Waals surface area contributed by atoms with Crippen molar-refractivity contribution < 1.29 is 0 Å². The lowest BCUT2D eigenvalue weighted by Gasteiger charge is -2.17. The van der Waals surface area contributed by atoms with Gasteiger partial charge in [0.15, 0.2) is 0 Å². The molecule has 0 aliphatic heterocycles. The van der Waals surface area contributed by atoms with Crippen molar-refractivity contribution >= 4 is 0 Å². The van der Waals surface area contributed by atoms with Gasteiger partial charge in [0.25, 0.3) is 0 Å². The van der Waals surface area contributed by atoms with Crippen molar-refractivity contribution in [1.82, 2.24) is 15.1 Å². The van der Waals surface area contributed by atoms with Crippen LogP contribution in [-0.4, -0.2) is 22.4 Å². The van der Waals surface area contributed by atoms with Crippen LogP contribution in [0.25, 0.3) is 0 Å². The van der Waals surface area contributed by atoms with Crippen LogP contribution in [0, 0.1) is 0 Å². The number of hydrogen-bond acceptors (Lipinski definition) is 2. The Balaban J connectivity index is 1.74. The van der Waals surface area contributed by atoms with Gasteiger partial charge in [0.05, 0.1) is 6.04 Å². The normalized spacial score (nSPS) is 20.1. The Labute approximate surface area is 85.5 Å². The molecule has 0 radical (unpaired) electrons. The molecule has 0 bridgehead atoms. The molecule has 1 unspecified atom stereocenters. The zero-order chi connectivity index (χ0) is 9.80. The summed E-state index contributed by atoms with van der Waals surface area (Å²) in [6.45, 7) is 3.24. The van der Waals surface area contributed by atoms with Gasteiger partial charge < -0.3 is 5.32 Å². The second-order valence-electron chi connectivity index (χ2n) is 4.22. The molecular weight excluding hydrogens is 174 g/mol. The topological polar surface area (TPSA) is 29.9 Å². The zero-order valence-corrected chi connectivity index (χ0v) is 8.82. The molecule has 0 aromatic carbocycles. The predicted molar refractivity (Wildman–Crippen MR) is 57.2 cm³/mol. The molecule has 0 spiro atoms. The van der Waals surface area contributed by atoms with E-state index in [4.69, 9.17) is 0 Å². The maximum absolute atomic E-state index is 4.24. The van der Waals surface area contributed by atoms with Gasteiger partial charge >= 0.3 is 0 Å². The van der Waals surface area contributed by atoms with Gasteiger partial charge in [-0.05, 0) is 25.8 Å². The van der Waals surface area contributed by atoms with Crippen LogP contribution < -0.4 is 5.32 Å². The van der Waals surface area contributed by atoms with E-state index in [1.165, 1.54) is 25.7 Å². The van der Waals surface area contributed by atoms with Gasteiger partial charge in [-0.1, -0.05) is 12.8 Å². The molecule has 1 N–H and O–H groups in total. The van der Waals surface area contributed by atoms with E-state index in [9.17, 15) is 0 Å². The number of nitrogens with one attached hydrogen (secondary N) is 1. The summed E-state index contributed by atoms with van der Waals surface area (Å²) < 4.78 is 2.02. The third-order valence-electron chi connectivity index (χ3n) is 3.03. The third-order valence-corrected chi connectivity index (χ3v) is 3.03. The van der Waals surface area contributed by atoms with Crippen LogP contribution in [0.5, 0.6) is 0 Å². The number of hydrogen-bond donors (Lipinski definition) is 1. The first kappa shape index (κ1) is 9.71. The molecule has 1 atom stereocenters. The van der Waals surface area contributed by atoms with Gasteiger partial charge in [-0.3, -0.25) is 4.68 Å². The lowest BCUT2D eigenvalue weighted by Crippen LogP contribution is -2.31. The van der Waals surface area contributed by atoms with Crippen LogP contribution in [0.15, 0.2) is 18.5 Å². The van der Waals surface area contributed by atoms with Gasteiger partial charge in [-0.2, -0.15) is 5.10 Å². The van der Waals surface area contributed by atoms with E-state index in [0.29, 0.717) is 6.04 Å². The summed E-state index contributed by atoms with van der Waals surface area (Å²) in [6.07, 6.45) is 9.37. The molecular formula is C11H19N3. The van der Waals surface area contributed by atoms with Crippen molar-refractivity contribution in [3.8, 4) is 0 Å². The first-order chi connectivity index (χ1) is 6.86. The molecule has 1 aromatic rings. The SMILES string of the molecule is CC(CNC1CCCC1)n1cccn1. The van der Waals surface area contributed by atoms with E-state index in [1.807, 2.05) is 23.1 Å². The highest BCUT2D eigenvalue weighted by molar-refractivity contribution is 4.82. The molecule has 3 heteroatoms. The molecule has 14 heavy (non-hydrogen) atoms.